The largest absolute Gasteiger partial charge is 0.495 e. The van der Waals surface area contributed by atoms with E-state index in [0.717, 1.165) is 31.7 Å². The Labute approximate surface area is 103 Å². The zero-order valence-electron chi connectivity index (χ0n) is 10.6. The molecule has 1 saturated heterocycles. The van der Waals surface area contributed by atoms with Crippen LogP contribution in [0.2, 0.25) is 0 Å². The minimum atomic E-state index is 0.295. The number of methoxy groups -OCH3 is 1. The normalized spacial score (nSPS) is 19.7. The van der Waals surface area contributed by atoms with Crippen molar-refractivity contribution in [1.29, 1.82) is 0 Å². The molecule has 94 valence electrons. The molecule has 2 rings (SSSR count). The van der Waals surface area contributed by atoms with E-state index in [1.807, 2.05) is 6.07 Å². The first kappa shape index (κ1) is 12.2. The summed E-state index contributed by atoms with van der Waals surface area (Å²) in [4.78, 5) is 2.37. The molecule has 0 aliphatic carbocycles. The number of ether oxygens (including phenoxy) is 1. The van der Waals surface area contributed by atoms with Gasteiger partial charge in [0.25, 0.3) is 0 Å². The first-order valence-corrected chi connectivity index (χ1v) is 6.25. The van der Waals surface area contributed by atoms with Gasteiger partial charge >= 0.3 is 0 Å². The van der Waals surface area contributed by atoms with Crippen LogP contribution in [0, 0.1) is 12.8 Å². The van der Waals surface area contributed by atoms with Crippen LogP contribution in [0.3, 0.4) is 0 Å². The molecular formula is C14H21NO2. The molecule has 1 heterocycles. The average Bonchev–Trinajstić information content (AvgIpc) is 2.78. The number of aryl methyl sites for hydroxylation is 1. The van der Waals surface area contributed by atoms with Gasteiger partial charge in [-0.3, -0.25) is 0 Å². The van der Waals surface area contributed by atoms with Crippen molar-refractivity contribution in [2.45, 2.75) is 19.8 Å². The second-order valence-electron chi connectivity index (χ2n) is 4.79. The maximum absolute atomic E-state index is 8.99. The summed E-state index contributed by atoms with van der Waals surface area (Å²) in [6, 6.07) is 6.29. The third-order valence-corrected chi connectivity index (χ3v) is 3.50. The number of anilines is 1. The van der Waals surface area contributed by atoms with Crippen LogP contribution in [-0.4, -0.2) is 31.9 Å². The molecule has 1 N–H and O–H groups in total. The van der Waals surface area contributed by atoms with Crippen molar-refractivity contribution < 1.29 is 9.84 Å². The highest BCUT2D eigenvalue weighted by atomic mass is 16.5. The van der Waals surface area contributed by atoms with E-state index in [-0.39, 0.29) is 0 Å². The second-order valence-corrected chi connectivity index (χ2v) is 4.79. The van der Waals surface area contributed by atoms with E-state index in [1.54, 1.807) is 7.11 Å². The number of benzene rings is 1. The SMILES string of the molecule is COc1ccc(C)cc1N1CCC(CCO)C1. The summed E-state index contributed by atoms with van der Waals surface area (Å²) in [5.74, 6) is 1.56. The van der Waals surface area contributed by atoms with E-state index >= 15 is 0 Å². The van der Waals surface area contributed by atoms with E-state index in [9.17, 15) is 0 Å². The van der Waals surface area contributed by atoms with Crippen molar-refractivity contribution >= 4 is 5.69 Å². The molecule has 1 aromatic carbocycles. The lowest BCUT2D eigenvalue weighted by Gasteiger charge is -2.21. The minimum Gasteiger partial charge on any atom is -0.495 e. The highest BCUT2D eigenvalue weighted by Gasteiger charge is 2.24. The van der Waals surface area contributed by atoms with Crippen molar-refractivity contribution in [3.63, 3.8) is 0 Å². The van der Waals surface area contributed by atoms with Gasteiger partial charge in [0.1, 0.15) is 5.75 Å². The monoisotopic (exact) mass is 235 g/mol. The van der Waals surface area contributed by atoms with Crippen molar-refractivity contribution in [3.8, 4) is 5.75 Å². The Kier molecular flexibility index (Phi) is 3.89. The minimum absolute atomic E-state index is 0.295. The van der Waals surface area contributed by atoms with Crippen LogP contribution in [0.15, 0.2) is 18.2 Å². The third kappa shape index (κ3) is 2.72. The van der Waals surface area contributed by atoms with Gasteiger partial charge in [-0.15, -0.1) is 0 Å². The number of aliphatic hydroxyl groups excluding tert-OH is 1. The van der Waals surface area contributed by atoms with Crippen LogP contribution in [0.25, 0.3) is 0 Å². The molecule has 1 aromatic rings. The van der Waals surface area contributed by atoms with Gasteiger partial charge in [-0.1, -0.05) is 6.07 Å². The fraction of sp³-hybridized carbons (Fsp3) is 0.571. The number of hydrogen-bond donors (Lipinski definition) is 1. The summed E-state index contributed by atoms with van der Waals surface area (Å²) in [6.07, 6.45) is 2.07. The molecule has 0 bridgehead atoms. The van der Waals surface area contributed by atoms with Gasteiger partial charge in [0.2, 0.25) is 0 Å². The molecule has 1 atom stereocenters. The van der Waals surface area contributed by atoms with Crippen LogP contribution in [0.1, 0.15) is 18.4 Å². The van der Waals surface area contributed by atoms with Crippen LogP contribution in [0.5, 0.6) is 5.75 Å². The molecular weight excluding hydrogens is 214 g/mol. The molecule has 0 amide bonds. The lowest BCUT2D eigenvalue weighted by atomic mass is 10.1. The summed E-state index contributed by atoms with van der Waals surface area (Å²) in [5.41, 5.74) is 2.44. The van der Waals surface area contributed by atoms with Crippen LogP contribution in [-0.2, 0) is 0 Å². The number of nitrogens with zero attached hydrogens (tertiary/aromatic N) is 1. The Balaban J connectivity index is 2.14. The zero-order valence-corrected chi connectivity index (χ0v) is 10.6. The van der Waals surface area contributed by atoms with Gasteiger partial charge in [0, 0.05) is 19.7 Å². The van der Waals surface area contributed by atoms with Crippen molar-refractivity contribution in [2.24, 2.45) is 5.92 Å². The number of aliphatic hydroxyl groups is 1. The zero-order chi connectivity index (χ0) is 12.3. The summed E-state index contributed by atoms with van der Waals surface area (Å²) >= 11 is 0. The Bertz CT molecular complexity index is 378. The first-order chi connectivity index (χ1) is 8.24. The standard InChI is InChI=1S/C14H21NO2/c1-11-3-4-14(17-2)13(9-11)15-7-5-12(10-15)6-8-16/h3-4,9,12,16H,5-8,10H2,1-2H3. The molecule has 1 unspecified atom stereocenters. The van der Waals surface area contributed by atoms with Crippen molar-refractivity contribution in [3.05, 3.63) is 23.8 Å². The van der Waals surface area contributed by atoms with Crippen LogP contribution in [0.4, 0.5) is 5.69 Å². The van der Waals surface area contributed by atoms with Crippen LogP contribution < -0.4 is 9.64 Å². The van der Waals surface area contributed by atoms with Gasteiger partial charge in [-0.2, -0.15) is 0 Å². The Morgan fingerprint density at radius 2 is 2.29 bits per heavy atom. The first-order valence-electron chi connectivity index (χ1n) is 6.25. The fourth-order valence-corrected chi connectivity index (χ4v) is 2.52. The third-order valence-electron chi connectivity index (χ3n) is 3.50. The van der Waals surface area contributed by atoms with E-state index in [4.69, 9.17) is 9.84 Å². The Morgan fingerprint density at radius 3 is 3.00 bits per heavy atom. The maximum atomic E-state index is 8.99. The molecule has 3 heteroatoms. The summed E-state index contributed by atoms with van der Waals surface area (Å²) in [6.45, 7) is 4.48. The number of hydrogen-bond acceptors (Lipinski definition) is 3. The van der Waals surface area contributed by atoms with Gasteiger partial charge in [0.15, 0.2) is 0 Å². The molecule has 1 aliphatic heterocycles. The highest BCUT2D eigenvalue weighted by molar-refractivity contribution is 5.60. The highest BCUT2D eigenvalue weighted by Crippen LogP contribution is 2.33. The number of rotatable bonds is 4. The van der Waals surface area contributed by atoms with Gasteiger partial charge < -0.3 is 14.7 Å². The Hall–Kier alpha value is -1.22. The second kappa shape index (κ2) is 5.41. The van der Waals surface area contributed by atoms with E-state index in [0.29, 0.717) is 12.5 Å². The Morgan fingerprint density at radius 1 is 1.47 bits per heavy atom. The quantitative estimate of drug-likeness (QED) is 0.868. The van der Waals surface area contributed by atoms with Gasteiger partial charge in [-0.25, -0.2) is 0 Å². The van der Waals surface area contributed by atoms with Crippen molar-refractivity contribution in [2.75, 3.05) is 31.7 Å². The molecule has 0 aromatic heterocycles. The molecule has 3 nitrogen and oxygen atoms in total. The average molecular weight is 235 g/mol. The summed E-state index contributed by atoms with van der Waals surface area (Å²) in [7, 11) is 1.72. The van der Waals surface area contributed by atoms with Crippen LogP contribution >= 0.6 is 0 Å². The topological polar surface area (TPSA) is 32.7 Å². The molecule has 1 fully saturated rings. The molecule has 17 heavy (non-hydrogen) atoms. The van der Waals surface area contributed by atoms with E-state index in [1.165, 1.54) is 11.3 Å². The predicted molar refractivity (Wildman–Crippen MR) is 69.8 cm³/mol. The van der Waals surface area contributed by atoms with E-state index < -0.39 is 0 Å². The maximum Gasteiger partial charge on any atom is 0.142 e. The fourth-order valence-electron chi connectivity index (χ4n) is 2.52. The summed E-state index contributed by atoms with van der Waals surface area (Å²) in [5, 5.41) is 8.99. The van der Waals surface area contributed by atoms with Gasteiger partial charge in [0.05, 0.1) is 12.8 Å². The molecule has 0 radical (unpaired) electrons. The predicted octanol–water partition coefficient (Wildman–Crippen LogP) is 2.21. The molecule has 0 saturated carbocycles. The van der Waals surface area contributed by atoms with Crippen molar-refractivity contribution in [1.82, 2.24) is 0 Å². The van der Waals surface area contributed by atoms with E-state index in [2.05, 4.69) is 24.0 Å². The smallest absolute Gasteiger partial charge is 0.142 e. The lowest BCUT2D eigenvalue weighted by molar-refractivity contribution is 0.263. The summed E-state index contributed by atoms with van der Waals surface area (Å²) < 4.78 is 5.42. The lowest BCUT2D eigenvalue weighted by Crippen LogP contribution is -2.20. The molecule has 0 spiro atoms. The molecule has 1 aliphatic rings. The van der Waals surface area contributed by atoms with Gasteiger partial charge in [-0.05, 0) is 43.4 Å².